The zero-order valence-corrected chi connectivity index (χ0v) is 27.7. The van der Waals surface area contributed by atoms with Crippen LogP contribution in [0.3, 0.4) is 0 Å². The SMILES string of the molecule is CC[C@H](C)[C@H](NC(=O)OCc1ccccc1)C(=O)N[C@H](C(=O)NCC(=O)OC(C)(C)C)[C@H](C)O[Si](C)(C)C(C)(C)C. The van der Waals surface area contributed by atoms with Crippen molar-refractivity contribution in [2.45, 2.75) is 117 Å². The number of benzene rings is 1. The summed E-state index contributed by atoms with van der Waals surface area (Å²) in [6.45, 7) is 20.7. The predicted octanol–water partition coefficient (Wildman–Crippen LogP) is 4.68. The number of carbonyl (C=O) groups excluding carboxylic acids is 4. The van der Waals surface area contributed by atoms with Crippen LogP contribution >= 0.6 is 0 Å². The van der Waals surface area contributed by atoms with Crippen molar-refractivity contribution in [3.8, 4) is 0 Å². The van der Waals surface area contributed by atoms with Crippen molar-refractivity contribution in [1.82, 2.24) is 16.0 Å². The van der Waals surface area contributed by atoms with Crippen LogP contribution in [0, 0.1) is 5.92 Å². The highest BCUT2D eigenvalue weighted by molar-refractivity contribution is 6.74. The van der Waals surface area contributed by atoms with Gasteiger partial charge in [-0.25, -0.2) is 4.79 Å². The molecule has 0 saturated carbocycles. The fourth-order valence-electron chi connectivity index (χ4n) is 3.59. The zero-order valence-electron chi connectivity index (χ0n) is 26.7. The van der Waals surface area contributed by atoms with Crippen LogP contribution in [0.5, 0.6) is 0 Å². The van der Waals surface area contributed by atoms with Gasteiger partial charge in [0.15, 0.2) is 8.32 Å². The van der Waals surface area contributed by atoms with Gasteiger partial charge in [-0.1, -0.05) is 71.4 Å². The number of hydrogen-bond donors (Lipinski definition) is 3. The summed E-state index contributed by atoms with van der Waals surface area (Å²) in [4.78, 5) is 51.8. The minimum atomic E-state index is -2.34. The maximum atomic E-state index is 13.6. The van der Waals surface area contributed by atoms with E-state index in [9.17, 15) is 19.2 Å². The summed E-state index contributed by atoms with van der Waals surface area (Å²) in [6, 6.07) is 7.10. The molecule has 0 bridgehead atoms. The summed E-state index contributed by atoms with van der Waals surface area (Å²) in [5.41, 5.74) is 0.101. The summed E-state index contributed by atoms with van der Waals surface area (Å²) in [6.07, 6.45) is -0.880. The fourth-order valence-corrected chi connectivity index (χ4v) is 5.01. The Hall–Kier alpha value is -2.92. The van der Waals surface area contributed by atoms with Crippen LogP contribution in [0.1, 0.15) is 74.3 Å². The van der Waals surface area contributed by atoms with Crippen LogP contribution in [0.25, 0.3) is 0 Å². The molecule has 1 aromatic rings. The van der Waals surface area contributed by atoms with E-state index in [1.165, 1.54) is 0 Å². The molecule has 3 N–H and O–H groups in total. The second kappa shape index (κ2) is 15.3. The third-order valence-electron chi connectivity index (χ3n) is 7.14. The Kier molecular flexibility index (Phi) is 13.5. The Morgan fingerprint density at radius 1 is 0.878 bits per heavy atom. The van der Waals surface area contributed by atoms with Gasteiger partial charge in [0.25, 0.3) is 0 Å². The van der Waals surface area contributed by atoms with Gasteiger partial charge in [0.2, 0.25) is 11.8 Å². The summed E-state index contributed by atoms with van der Waals surface area (Å²) < 4.78 is 17.1. The molecule has 10 nitrogen and oxygen atoms in total. The van der Waals surface area contributed by atoms with Gasteiger partial charge in [0.05, 0.1) is 6.10 Å². The Balaban J connectivity index is 3.11. The lowest BCUT2D eigenvalue weighted by atomic mass is 9.98. The monoisotopic (exact) mass is 593 g/mol. The van der Waals surface area contributed by atoms with E-state index in [0.29, 0.717) is 6.42 Å². The lowest BCUT2D eigenvalue weighted by Crippen LogP contribution is -2.61. The van der Waals surface area contributed by atoms with Gasteiger partial charge in [-0.2, -0.15) is 0 Å². The highest BCUT2D eigenvalue weighted by Crippen LogP contribution is 2.37. The molecule has 0 unspecified atom stereocenters. The second-order valence-corrected chi connectivity index (χ2v) is 17.7. The van der Waals surface area contributed by atoms with E-state index in [0.717, 1.165) is 5.56 Å². The Bertz CT molecular complexity index is 1020. The van der Waals surface area contributed by atoms with E-state index < -0.39 is 56.0 Å². The standard InChI is InChI=1S/C30H51N3O7Si/c1-12-20(2)24(33-28(37)38-19-22-16-14-13-15-17-22)27(36)32-25(21(3)40-41(10,11)30(7,8)9)26(35)31-18-23(34)39-29(4,5)6/h13-17,20-21,24-25H,12,18-19H2,1-11H3,(H,31,35)(H,32,36)(H,33,37)/t20-,21-,24-,25-/m0/s1. The van der Waals surface area contributed by atoms with Crippen molar-refractivity contribution in [3.05, 3.63) is 35.9 Å². The summed E-state index contributed by atoms with van der Waals surface area (Å²) in [5, 5.41) is 7.86. The molecule has 1 aromatic carbocycles. The molecule has 11 heteroatoms. The first kappa shape index (κ1) is 36.1. The Morgan fingerprint density at radius 3 is 1.98 bits per heavy atom. The minimum absolute atomic E-state index is 0.0502. The van der Waals surface area contributed by atoms with Gasteiger partial charge < -0.3 is 29.9 Å². The first-order valence-corrected chi connectivity index (χ1v) is 17.1. The number of ether oxygens (including phenoxy) is 2. The molecule has 0 aromatic heterocycles. The summed E-state index contributed by atoms with van der Waals surface area (Å²) in [7, 11) is -2.34. The van der Waals surface area contributed by atoms with Crippen molar-refractivity contribution < 1.29 is 33.1 Å². The van der Waals surface area contributed by atoms with Gasteiger partial charge in [-0.05, 0) is 57.3 Å². The second-order valence-electron chi connectivity index (χ2n) is 12.9. The van der Waals surface area contributed by atoms with E-state index in [1.807, 2.05) is 57.3 Å². The predicted molar refractivity (Wildman–Crippen MR) is 162 cm³/mol. The van der Waals surface area contributed by atoms with E-state index in [-0.39, 0.29) is 24.1 Å². The molecule has 3 amide bonds. The molecule has 0 aliphatic rings. The normalized spacial score (nSPS) is 15.1. The summed E-state index contributed by atoms with van der Waals surface area (Å²) >= 11 is 0. The van der Waals surface area contributed by atoms with Crippen LogP contribution in [0.4, 0.5) is 4.79 Å². The number of carbonyl (C=O) groups is 4. The first-order valence-electron chi connectivity index (χ1n) is 14.2. The van der Waals surface area contributed by atoms with Gasteiger partial charge in [-0.3, -0.25) is 14.4 Å². The molecular weight excluding hydrogens is 542 g/mol. The molecular formula is C30H51N3O7Si. The number of alkyl carbamates (subject to hydrolysis) is 1. The Labute approximate surface area is 246 Å². The quantitative estimate of drug-likeness (QED) is 0.223. The third-order valence-corrected chi connectivity index (χ3v) is 11.7. The average Bonchev–Trinajstić information content (AvgIpc) is 2.85. The average molecular weight is 594 g/mol. The van der Waals surface area contributed by atoms with Crippen LogP contribution in [-0.4, -0.2) is 62.5 Å². The number of amides is 3. The maximum absolute atomic E-state index is 13.6. The highest BCUT2D eigenvalue weighted by atomic mass is 28.4. The van der Waals surface area contributed by atoms with Crippen molar-refractivity contribution in [2.75, 3.05) is 6.54 Å². The molecule has 0 fully saturated rings. The smallest absolute Gasteiger partial charge is 0.408 e. The molecule has 0 saturated heterocycles. The van der Waals surface area contributed by atoms with E-state index >= 15 is 0 Å². The van der Waals surface area contributed by atoms with E-state index in [1.54, 1.807) is 27.7 Å². The highest BCUT2D eigenvalue weighted by Gasteiger charge is 2.42. The largest absolute Gasteiger partial charge is 0.459 e. The van der Waals surface area contributed by atoms with Crippen LogP contribution in [-0.2, 0) is 34.9 Å². The molecule has 0 aliphatic heterocycles. The van der Waals surface area contributed by atoms with Gasteiger partial charge in [-0.15, -0.1) is 0 Å². The number of rotatable bonds is 13. The topological polar surface area (TPSA) is 132 Å². The van der Waals surface area contributed by atoms with Crippen LogP contribution in [0.15, 0.2) is 30.3 Å². The number of hydrogen-bond acceptors (Lipinski definition) is 7. The molecule has 0 heterocycles. The fraction of sp³-hybridized carbons (Fsp3) is 0.667. The molecule has 41 heavy (non-hydrogen) atoms. The third kappa shape index (κ3) is 12.6. The molecule has 4 atom stereocenters. The minimum Gasteiger partial charge on any atom is -0.459 e. The van der Waals surface area contributed by atoms with Crippen molar-refractivity contribution in [1.29, 1.82) is 0 Å². The van der Waals surface area contributed by atoms with E-state index in [4.69, 9.17) is 13.9 Å². The maximum Gasteiger partial charge on any atom is 0.408 e. The van der Waals surface area contributed by atoms with Crippen molar-refractivity contribution in [2.24, 2.45) is 5.92 Å². The van der Waals surface area contributed by atoms with Crippen molar-refractivity contribution in [3.63, 3.8) is 0 Å². The van der Waals surface area contributed by atoms with Gasteiger partial charge in [0, 0.05) is 0 Å². The first-order chi connectivity index (χ1) is 18.8. The molecule has 0 radical (unpaired) electrons. The van der Waals surface area contributed by atoms with Crippen LogP contribution < -0.4 is 16.0 Å². The summed E-state index contributed by atoms with van der Waals surface area (Å²) in [5.74, 6) is -2.01. The number of esters is 1. The Morgan fingerprint density at radius 2 is 1.46 bits per heavy atom. The molecule has 1 rings (SSSR count). The van der Waals surface area contributed by atoms with Crippen molar-refractivity contribution >= 4 is 32.2 Å². The molecule has 0 spiro atoms. The lowest BCUT2D eigenvalue weighted by molar-refractivity contribution is -0.154. The molecule has 0 aliphatic carbocycles. The molecule has 232 valence electrons. The van der Waals surface area contributed by atoms with Gasteiger partial charge >= 0.3 is 12.1 Å². The number of nitrogens with one attached hydrogen (secondary N) is 3. The van der Waals surface area contributed by atoms with E-state index in [2.05, 4.69) is 36.7 Å². The zero-order chi connectivity index (χ0) is 31.6. The lowest BCUT2D eigenvalue weighted by Gasteiger charge is -2.40. The van der Waals surface area contributed by atoms with Crippen LogP contribution in [0.2, 0.25) is 18.1 Å². The van der Waals surface area contributed by atoms with Gasteiger partial charge in [0.1, 0.15) is 30.8 Å².